The molecule has 1 aromatic carbocycles. The molecule has 1 saturated heterocycles. The van der Waals surface area contributed by atoms with Crippen LogP contribution in [-0.2, 0) is 0 Å². The summed E-state index contributed by atoms with van der Waals surface area (Å²) >= 11 is 0. The maximum Gasteiger partial charge on any atom is 0.274 e. The van der Waals surface area contributed by atoms with Gasteiger partial charge in [-0.05, 0) is 30.7 Å². The van der Waals surface area contributed by atoms with Crippen molar-refractivity contribution in [3.05, 3.63) is 58.0 Å². The summed E-state index contributed by atoms with van der Waals surface area (Å²) in [5.74, 6) is -0.273. The van der Waals surface area contributed by atoms with E-state index in [-0.39, 0.29) is 23.1 Å². The van der Waals surface area contributed by atoms with Crippen LogP contribution in [0.2, 0.25) is 0 Å². The number of H-pyrrole nitrogens is 1. The number of anilines is 1. The molecule has 0 bridgehead atoms. The molecule has 2 heterocycles. The van der Waals surface area contributed by atoms with Crippen LogP contribution >= 0.6 is 0 Å². The summed E-state index contributed by atoms with van der Waals surface area (Å²) in [6.45, 7) is 2.02. The average molecular weight is 369 g/mol. The van der Waals surface area contributed by atoms with Gasteiger partial charge in [-0.3, -0.25) is 14.4 Å². The topological polar surface area (TPSA) is 89.6 Å². The van der Waals surface area contributed by atoms with E-state index < -0.39 is 0 Å². The third kappa shape index (κ3) is 4.33. The highest BCUT2D eigenvalue weighted by molar-refractivity contribution is 5.95. The molecule has 2 aromatic rings. The van der Waals surface area contributed by atoms with E-state index in [0.717, 1.165) is 5.69 Å². The first-order valence-corrected chi connectivity index (χ1v) is 8.87. The number of benzene rings is 1. The van der Waals surface area contributed by atoms with E-state index in [1.54, 1.807) is 9.80 Å². The Morgan fingerprint density at radius 2 is 1.70 bits per heavy atom. The van der Waals surface area contributed by atoms with Crippen LogP contribution in [0.4, 0.5) is 5.69 Å². The van der Waals surface area contributed by atoms with Crippen molar-refractivity contribution < 1.29 is 9.59 Å². The smallest absolute Gasteiger partial charge is 0.274 e. The molecule has 27 heavy (non-hydrogen) atoms. The van der Waals surface area contributed by atoms with Crippen LogP contribution in [0.5, 0.6) is 0 Å². The van der Waals surface area contributed by atoms with E-state index in [1.807, 2.05) is 43.3 Å². The highest BCUT2D eigenvalue weighted by Crippen LogP contribution is 2.16. The van der Waals surface area contributed by atoms with E-state index in [4.69, 9.17) is 0 Å². The molecule has 0 aliphatic carbocycles. The first-order valence-electron chi connectivity index (χ1n) is 8.87. The molecule has 0 radical (unpaired) electrons. The van der Waals surface area contributed by atoms with E-state index in [9.17, 15) is 14.4 Å². The van der Waals surface area contributed by atoms with Crippen LogP contribution < -0.4 is 10.5 Å². The van der Waals surface area contributed by atoms with Crippen molar-refractivity contribution in [3.63, 3.8) is 0 Å². The number of carbonyl (C=O) groups is 2. The molecule has 2 amide bonds. The number of amides is 2. The van der Waals surface area contributed by atoms with Crippen molar-refractivity contribution in [2.24, 2.45) is 0 Å². The van der Waals surface area contributed by atoms with Gasteiger partial charge in [0.25, 0.3) is 17.4 Å². The minimum Gasteiger partial charge on any atom is -0.378 e. The summed E-state index contributed by atoms with van der Waals surface area (Å²) in [5, 5.41) is 6.07. The number of rotatable bonds is 3. The molecule has 0 unspecified atom stereocenters. The molecule has 0 atom stereocenters. The van der Waals surface area contributed by atoms with Gasteiger partial charge in [0, 0.05) is 57.6 Å². The molecule has 1 aliphatic rings. The monoisotopic (exact) mass is 369 g/mol. The van der Waals surface area contributed by atoms with Crippen LogP contribution in [0, 0.1) is 0 Å². The van der Waals surface area contributed by atoms with E-state index in [2.05, 4.69) is 10.2 Å². The minimum absolute atomic E-state index is 0.0323. The fourth-order valence-corrected chi connectivity index (χ4v) is 3.05. The number of aromatic nitrogens is 2. The number of carbonyl (C=O) groups excluding carboxylic acids is 2. The highest BCUT2D eigenvalue weighted by Gasteiger charge is 2.24. The molecule has 1 aliphatic heterocycles. The Balaban J connectivity index is 1.68. The number of hydrogen-bond acceptors (Lipinski definition) is 5. The fourth-order valence-electron chi connectivity index (χ4n) is 3.05. The summed E-state index contributed by atoms with van der Waals surface area (Å²) in [5.41, 5.74) is 1.46. The molecule has 8 nitrogen and oxygen atoms in total. The maximum absolute atomic E-state index is 12.9. The third-order valence-electron chi connectivity index (χ3n) is 4.58. The summed E-state index contributed by atoms with van der Waals surface area (Å²) in [7, 11) is 3.87. The van der Waals surface area contributed by atoms with Crippen LogP contribution in [0.1, 0.15) is 27.3 Å². The lowest BCUT2D eigenvalue weighted by atomic mass is 10.1. The standard InChI is InChI=1S/C19H23N5O3/c1-22(2)15-6-3-5-14(13-15)18(26)23-9-4-10-24(12-11-23)19(27)16-7-8-17(25)21-20-16/h3,5-8,13H,4,9-12H2,1-2H3,(H,21,25). The molecule has 0 spiro atoms. The lowest BCUT2D eigenvalue weighted by Gasteiger charge is -2.22. The second-order valence-electron chi connectivity index (χ2n) is 6.69. The Hall–Kier alpha value is -3.16. The second-order valence-corrected chi connectivity index (χ2v) is 6.69. The normalized spacial score (nSPS) is 14.6. The predicted octanol–water partition coefficient (Wildman–Crippen LogP) is 0.824. The zero-order chi connectivity index (χ0) is 19.4. The minimum atomic E-state index is -0.348. The van der Waals surface area contributed by atoms with E-state index in [1.165, 1.54) is 12.1 Å². The van der Waals surface area contributed by atoms with E-state index in [0.29, 0.717) is 38.2 Å². The SMILES string of the molecule is CN(C)c1cccc(C(=O)N2CCCN(C(=O)c3ccc(=O)[nH]n3)CC2)c1. The molecule has 1 fully saturated rings. The van der Waals surface area contributed by atoms with Crippen molar-refractivity contribution in [1.82, 2.24) is 20.0 Å². The molecular formula is C19H23N5O3. The number of nitrogens with one attached hydrogen (secondary N) is 1. The van der Waals surface area contributed by atoms with Crippen molar-refractivity contribution >= 4 is 17.5 Å². The first-order chi connectivity index (χ1) is 13.0. The van der Waals surface area contributed by atoms with Gasteiger partial charge in [-0.2, -0.15) is 5.10 Å². The van der Waals surface area contributed by atoms with Gasteiger partial charge in [0.2, 0.25) is 0 Å². The first kappa shape index (κ1) is 18.6. The van der Waals surface area contributed by atoms with Crippen LogP contribution in [0.25, 0.3) is 0 Å². The van der Waals surface area contributed by atoms with Gasteiger partial charge in [0.05, 0.1) is 0 Å². The highest BCUT2D eigenvalue weighted by atomic mass is 16.2. The molecule has 142 valence electrons. The Morgan fingerprint density at radius 1 is 1.00 bits per heavy atom. The molecule has 0 saturated carbocycles. The zero-order valence-corrected chi connectivity index (χ0v) is 15.5. The maximum atomic E-state index is 12.9. The zero-order valence-electron chi connectivity index (χ0n) is 15.5. The fraction of sp³-hybridized carbons (Fsp3) is 0.368. The average Bonchev–Trinajstić information content (AvgIpc) is 2.94. The number of nitrogens with zero attached hydrogens (tertiary/aromatic N) is 4. The molecule has 1 aromatic heterocycles. The van der Waals surface area contributed by atoms with Crippen molar-refractivity contribution in [3.8, 4) is 0 Å². The van der Waals surface area contributed by atoms with Crippen molar-refractivity contribution in [1.29, 1.82) is 0 Å². The Labute approximate surface area is 157 Å². The molecule has 8 heteroatoms. The van der Waals surface area contributed by atoms with Crippen LogP contribution in [-0.4, -0.2) is 72.1 Å². The lowest BCUT2D eigenvalue weighted by molar-refractivity contribution is 0.0715. The van der Waals surface area contributed by atoms with E-state index >= 15 is 0 Å². The van der Waals surface area contributed by atoms with Crippen molar-refractivity contribution in [2.75, 3.05) is 45.2 Å². The number of hydrogen-bond donors (Lipinski definition) is 1. The Bertz CT molecular complexity index is 872. The summed E-state index contributed by atoms with van der Waals surface area (Å²) < 4.78 is 0. The van der Waals surface area contributed by atoms with Gasteiger partial charge < -0.3 is 14.7 Å². The Morgan fingerprint density at radius 3 is 2.33 bits per heavy atom. The second kappa shape index (κ2) is 8.03. The molecule has 3 rings (SSSR count). The van der Waals surface area contributed by atoms with Gasteiger partial charge in [-0.25, -0.2) is 5.10 Å². The van der Waals surface area contributed by atoms with Crippen LogP contribution in [0.3, 0.4) is 0 Å². The summed E-state index contributed by atoms with van der Waals surface area (Å²) in [4.78, 5) is 41.9. The predicted molar refractivity (Wildman–Crippen MR) is 102 cm³/mol. The summed E-state index contributed by atoms with van der Waals surface area (Å²) in [6.07, 6.45) is 0.689. The van der Waals surface area contributed by atoms with Crippen LogP contribution in [0.15, 0.2) is 41.2 Å². The van der Waals surface area contributed by atoms with Gasteiger partial charge in [-0.15, -0.1) is 0 Å². The molecular weight excluding hydrogens is 346 g/mol. The number of aromatic amines is 1. The Kier molecular flexibility index (Phi) is 5.54. The quantitative estimate of drug-likeness (QED) is 0.865. The largest absolute Gasteiger partial charge is 0.378 e. The third-order valence-corrected chi connectivity index (χ3v) is 4.58. The summed E-state index contributed by atoms with van der Waals surface area (Å²) in [6, 6.07) is 10.2. The molecule has 1 N–H and O–H groups in total. The van der Waals surface area contributed by atoms with Gasteiger partial charge in [0.15, 0.2) is 0 Å². The van der Waals surface area contributed by atoms with Gasteiger partial charge in [0.1, 0.15) is 5.69 Å². The van der Waals surface area contributed by atoms with Gasteiger partial charge in [-0.1, -0.05) is 6.07 Å². The van der Waals surface area contributed by atoms with Gasteiger partial charge >= 0.3 is 0 Å². The lowest BCUT2D eigenvalue weighted by Crippen LogP contribution is -2.37. The van der Waals surface area contributed by atoms with Crippen molar-refractivity contribution in [2.45, 2.75) is 6.42 Å².